The lowest BCUT2D eigenvalue weighted by Gasteiger charge is -2.31. The molecule has 1 heterocycles. The summed E-state index contributed by atoms with van der Waals surface area (Å²) in [6, 6.07) is 5.43. The summed E-state index contributed by atoms with van der Waals surface area (Å²) >= 11 is 0. The van der Waals surface area contributed by atoms with Crippen molar-refractivity contribution in [2.24, 2.45) is 11.7 Å². The normalized spacial score (nSPS) is 20.8. The number of hydrogen-bond acceptors (Lipinski definition) is 5. The van der Waals surface area contributed by atoms with Gasteiger partial charge >= 0.3 is 0 Å². The second-order valence-corrected chi connectivity index (χ2v) is 6.74. The fourth-order valence-corrected chi connectivity index (χ4v) is 4.11. The van der Waals surface area contributed by atoms with E-state index >= 15 is 0 Å². The van der Waals surface area contributed by atoms with Crippen molar-refractivity contribution >= 4 is 15.7 Å². The Morgan fingerprint density at radius 3 is 2.75 bits per heavy atom. The van der Waals surface area contributed by atoms with Gasteiger partial charge in [-0.2, -0.15) is 4.31 Å². The molecule has 1 saturated heterocycles. The van der Waals surface area contributed by atoms with E-state index in [0.29, 0.717) is 19.6 Å². The van der Waals surface area contributed by atoms with Crippen LogP contribution in [-0.4, -0.2) is 37.3 Å². The summed E-state index contributed by atoms with van der Waals surface area (Å²) in [7, 11) is -3.84. The molecular formula is C12H17N3O4S. The van der Waals surface area contributed by atoms with Gasteiger partial charge < -0.3 is 5.73 Å². The second kappa shape index (κ2) is 5.86. The van der Waals surface area contributed by atoms with E-state index in [9.17, 15) is 18.5 Å². The van der Waals surface area contributed by atoms with Crippen LogP contribution in [0.1, 0.15) is 12.8 Å². The van der Waals surface area contributed by atoms with Crippen molar-refractivity contribution in [2.75, 3.05) is 19.6 Å². The molecule has 1 atom stereocenters. The van der Waals surface area contributed by atoms with Crippen molar-refractivity contribution < 1.29 is 13.3 Å². The van der Waals surface area contributed by atoms with Crippen molar-refractivity contribution in [2.45, 2.75) is 17.7 Å². The highest BCUT2D eigenvalue weighted by molar-refractivity contribution is 7.89. The number of piperidine rings is 1. The molecular weight excluding hydrogens is 282 g/mol. The number of nitro benzene ring substituents is 1. The monoisotopic (exact) mass is 299 g/mol. The van der Waals surface area contributed by atoms with Gasteiger partial charge in [-0.25, -0.2) is 8.42 Å². The van der Waals surface area contributed by atoms with Crippen LogP contribution >= 0.6 is 0 Å². The molecule has 20 heavy (non-hydrogen) atoms. The minimum absolute atomic E-state index is 0.112. The number of nitrogens with zero attached hydrogens (tertiary/aromatic N) is 2. The molecule has 0 radical (unpaired) electrons. The van der Waals surface area contributed by atoms with Crippen molar-refractivity contribution in [1.82, 2.24) is 4.31 Å². The fourth-order valence-electron chi connectivity index (χ4n) is 2.40. The smallest absolute Gasteiger partial charge is 0.289 e. The number of hydrogen-bond donors (Lipinski definition) is 1. The van der Waals surface area contributed by atoms with Crippen LogP contribution in [0.25, 0.3) is 0 Å². The zero-order chi connectivity index (χ0) is 14.8. The molecule has 1 fully saturated rings. The molecule has 0 spiro atoms. The molecule has 1 unspecified atom stereocenters. The highest BCUT2D eigenvalue weighted by Gasteiger charge is 2.34. The first kappa shape index (κ1) is 14.9. The maximum Gasteiger partial charge on any atom is 0.289 e. The molecule has 0 saturated carbocycles. The van der Waals surface area contributed by atoms with Crippen LogP contribution in [0.2, 0.25) is 0 Å². The average Bonchev–Trinajstić information content (AvgIpc) is 2.47. The Balaban J connectivity index is 2.38. The molecule has 2 rings (SSSR count). The second-order valence-electron chi connectivity index (χ2n) is 4.83. The summed E-state index contributed by atoms with van der Waals surface area (Å²) in [5.74, 6) is 0.112. The Hall–Kier alpha value is -1.51. The van der Waals surface area contributed by atoms with E-state index < -0.39 is 14.9 Å². The number of benzene rings is 1. The summed E-state index contributed by atoms with van der Waals surface area (Å²) in [4.78, 5) is 10.1. The minimum atomic E-state index is -3.84. The van der Waals surface area contributed by atoms with Crippen LogP contribution in [0, 0.1) is 16.0 Å². The van der Waals surface area contributed by atoms with Gasteiger partial charge in [0, 0.05) is 19.2 Å². The summed E-state index contributed by atoms with van der Waals surface area (Å²) in [6.45, 7) is 1.12. The van der Waals surface area contributed by atoms with Gasteiger partial charge in [0.2, 0.25) is 10.0 Å². The van der Waals surface area contributed by atoms with Gasteiger partial charge in [0.1, 0.15) is 0 Å². The first-order chi connectivity index (χ1) is 9.46. The lowest BCUT2D eigenvalue weighted by molar-refractivity contribution is -0.387. The molecule has 8 heteroatoms. The van der Waals surface area contributed by atoms with E-state index in [0.717, 1.165) is 12.8 Å². The first-order valence-electron chi connectivity index (χ1n) is 6.40. The highest BCUT2D eigenvalue weighted by Crippen LogP contribution is 2.29. The minimum Gasteiger partial charge on any atom is -0.330 e. The number of nitro groups is 1. The third-order valence-electron chi connectivity index (χ3n) is 3.49. The zero-order valence-electron chi connectivity index (χ0n) is 10.9. The molecule has 1 aliphatic rings. The van der Waals surface area contributed by atoms with Gasteiger partial charge in [0.25, 0.3) is 5.69 Å². The third kappa shape index (κ3) is 2.82. The Bertz CT molecular complexity index is 602. The van der Waals surface area contributed by atoms with Crippen LogP contribution in [0.5, 0.6) is 0 Å². The van der Waals surface area contributed by atoms with Crippen molar-refractivity contribution in [3.05, 3.63) is 34.4 Å². The Labute approximate surface area is 117 Å². The van der Waals surface area contributed by atoms with E-state index in [1.165, 1.54) is 28.6 Å². The SMILES string of the molecule is NCC1CCCN(S(=O)(=O)c2ccccc2[N+](=O)[O-])C1. The fraction of sp³-hybridized carbons (Fsp3) is 0.500. The van der Waals surface area contributed by atoms with Crippen LogP contribution in [0.3, 0.4) is 0 Å². The Morgan fingerprint density at radius 1 is 1.40 bits per heavy atom. The molecule has 0 aliphatic carbocycles. The topological polar surface area (TPSA) is 107 Å². The van der Waals surface area contributed by atoms with Crippen molar-refractivity contribution in [1.29, 1.82) is 0 Å². The van der Waals surface area contributed by atoms with Gasteiger partial charge in [-0.3, -0.25) is 10.1 Å². The van der Waals surface area contributed by atoms with Gasteiger partial charge in [0.05, 0.1) is 4.92 Å². The van der Waals surface area contributed by atoms with E-state index in [4.69, 9.17) is 5.73 Å². The Kier molecular flexibility index (Phi) is 4.36. The molecule has 0 amide bonds. The van der Waals surface area contributed by atoms with Crippen LogP contribution in [0.15, 0.2) is 29.2 Å². The predicted molar refractivity (Wildman–Crippen MR) is 73.6 cm³/mol. The highest BCUT2D eigenvalue weighted by atomic mass is 32.2. The van der Waals surface area contributed by atoms with Crippen LogP contribution < -0.4 is 5.73 Å². The molecule has 1 aromatic rings. The third-order valence-corrected chi connectivity index (χ3v) is 5.41. The van der Waals surface area contributed by atoms with Crippen molar-refractivity contribution in [3.63, 3.8) is 0 Å². The summed E-state index contributed by atoms with van der Waals surface area (Å²) in [5, 5.41) is 11.0. The molecule has 7 nitrogen and oxygen atoms in total. The summed E-state index contributed by atoms with van der Waals surface area (Å²) in [6.07, 6.45) is 1.61. The summed E-state index contributed by atoms with van der Waals surface area (Å²) < 4.78 is 26.4. The standard InChI is InChI=1S/C12H17N3O4S/c13-8-10-4-3-7-14(9-10)20(18,19)12-6-2-1-5-11(12)15(16)17/h1-2,5-6,10H,3-4,7-9,13H2. The molecule has 1 aromatic carbocycles. The lowest BCUT2D eigenvalue weighted by atomic mass is 10.0. The first-order valence-corrected chi connectivity index (χ1v) is 7.84. The average molecular weight is 299 g/mol. The van der Waals surface area contributed by atoms with E-state index in [1.807, 2.05) is 0 Å². The maximum atomic E-state index is 12.6. The van der Waals surface area contributed by atoms with E-state index in [2.05, 4.69) is 0 Å². The van der Waals surface area contributed by atoms with E-state index in [1.54, 1.807) is 0 Å². The van der Waals surface area contributed by atoms with E-state index in [-0.39, 0.29) is 16.5 Å². The van der Waals surface area contributed by atoms with Crippen LogP contribution in [0.4, 0.5) is 5.69 Å². The van der Waals surface area contributed by atoms with Gasteiger partial charge in [-0.1, -0.05) is 12.1 Å². The number of rotatable bonds is 4. The van der Waals surface area contributed by atoms with Gasteiger partial charge in [0.15, 0.2) is 4.90 Å². The quantitative estimate of drug-likeness (QED) is 0.658. The molecule has 0 aromatic heterocycles. The van der Waals surface area contributed by atoms with Gasteiger partial charge in [-0.15, -0.1) is 0 Å². The molecule has 1 aliphatic heterocycles. The van der Waals surface area contributed by atoms with Gasteiger partial charge in [-0.05, 0) is 31.4 Å². The number of nitrogens with two attached hydrogens (primary N) is 1. The Morgan fingerprint density at radius 2 is 2.10 bits per heavy atom. The largest absolute Gasteiger partial charge is 0.330 e. The summed E-state index contributed by atoms with van der Waals surface area (Å²) in [5.41, 5.74) is 5.21. The predicted octanol–water partition coefficient (Wildman–Crippen LogP) is 0.954. The molecule has 2 N–H and O–H groups in total. The van der Waals surface area contributed by atoms with Crippen LogP contribution in [-0.2, 0) is 10.0 Å². The molecule has 110 valence electrons. The van der Waals surface area contributed by atoms with Crippen molar-refractivity contribution in [3.8, 4) is 0 Å². The number of para-hydroxylation sites is 1. The molecule has 0 bridgehead atoms. The zero-order valence-corrected chi connectivity index (χ0v) is 11.8. The maximum absolute atomic E-state index is 12.6. The number of sulfonamides is 1. The lowest BCUT2D eigenvalue weighted by Crippen LogP contribution is -2.42.